The number of aliphatic hydroxyl groups is 1. The van der Waals surface area contributed by atoms with Crippen LogP contribution >= 0.6 is 11.6 Å². The summed E-state index contributed by atoms with van der Waals surface area (Å²) in [5.74, 6) is 1.60. The van der Waals surface area contributed by atoms with Crippen molar-refractivity contribution >= 4 is 23.2 Å². The molecule has 1 fully saturated rings. The number of likely N-dealkylation sites (tertiary alicyclic amines) is 1. The topological polar surface area (TPSA) is 71.0 Å². The normalized spacial score (nSPS) is 17.5. The van der Waals surface area contributed by atoms with Gasteiger partial charge in [0.05, 0.1) is 5.69 Å². The maximum Gasteiger partial charge on any atom is 0.224 e. The van der Waals surface area contributed by atoms with E-state index in [-0.39, 0.29) is 24.5 Å². The molecule has 31 heavy (non-hydrogen) atoms. The molecule has 6 nitrogen and oxygen atoms in total. The zero-order chi connectivity index (χ0) is 22.2. The average molecular weight is 447 g/mol. The molecule has 0 spiro atoms. The minimum Gasteiger partial charge on any atom is -0.489 e. The van der Waals surface area contributed by atoms with Crippen molar-refractivity contribution in [1.29, 1.82) is 0 Å². The second kappa shape index (κ2) is 11.4. The van der Waals surface area contributed by atoms with Crippen molar-refractivity contribution in [3.8, 4) is 11.5 Å². The number of β-amino-alcohol motifs (C(OH)–C–C–N with tert-alkyl or cyclic N) is 1. The van der Waals surface area contributed by atoms with Crippen LogP contribution in [0.1, 0.15) is 26.7 Å². The molecule has 3 rings (SSSR count). The molecule has 7 heteroatoms. The lowest BCUT2D eigenvalue weighted by atomic mass is 10.1. The molecule has 0 saturated carbocycles. The largest absolute Gasteiger partial charge is 0.489 e. The summed E-state index contributed by atoms with van der Waals surface area (Å²) in [4.78, 5) is 14.3. The molecule has 1 amide bonds. The number of ether oxygens (including phenoxy) is 2. The van der Waals surface area contributed by atoms with Gasteiger partial charge < -0.3 is 19.9 Å². The van der Waals surface area contributed by atoms with Crippen LogP contribution in [0.4, 0.5) is 5.69 Å². The van der Waals surface area contributed by atoms with Gasteiger partial charge in [0, 0.05) is 31.1 Å². The summed E-state index contributed by atoms with van der Waals surface area (Å²) in [6.45, 7) is 6.26. The van der Waals surface area contributed by atoms with E-state index < -0.39 is 6.10 Å². The van der Waals surface area contributed by atoms with E-state index in [9.17, 15) is 9.90 Å². The molecule has 1 saturated heterocycles. The van der Waals surface area contributed by atoms with E-state index in [1.807, 2.05) is 50.2 Å². The van der Waals surface area contributed by atoms with E-state index in [4.69, 9.17) is 21.1 Å². The number of benzene rings is 2. The SMILES string of the molecule is CC(C)CC(=O)Nc1ccccc1OCC(O)CN1CCC(Oc2ccc(Cl)cc2)C1. The van der Waals surface area contributed by atoms with Gasteiger partial charge in [-0.05, 0) is 48.7 Å². The standard InChI is InChI=1S/C24H31ClN2O4/c1-17(2)13-24(29)26-22-5-3-4-6-23(22)30-16-19(28)14-27-12-11-21(15-27)31-20-9-7-18(25)8-10-20/h3-10,17,19,21,28H,11-16H2,1-2H3,(H,26,29). The van der Waals surface area contributed by atoms with Crippen LogP contribution in [0.25, 0.3) is 0 Å². The molecule has 168 valence electrons. The second-order valence-electron chi connectivity index (χ2n) is 8.35. The Bertz CT molecular complexity index is 844. The lowest BCUT2D eigenvalue weighted by molar-refractivity contribution is -0.116. The number of nitrogens with zero attached hydrogens (tertiary/aromatic N) is 1. The highest BCUT2D eigenvalue weighted by Gasteiger charge is 2.26. The molecule has 1 aliphatic rings. The van der Waals surface area contributed by atoms with Crippen LogP contribution < -0.4 is 14.8 Å². The number of carbonyl (C=O) groups excluding carboxylic acids is 1. The summed E-state index contributed by atoms with van der Waals surface area (Å²) in [5.41, 5.74) is 0.623. The minimum absolute atomic E-state index is 0.0459. The smallest absolute Gasteiger partial charge is 0.224 e. The quantitative estimate of drug-likeness (QED) is 0.571. The van der Waals surface area contributed by atoms with E-state index in [1.54, 1.807) is 12.1 Å². The number of anilines is 1. The van der Waals surface area contributed by atoms with Crippen molar-refractivity contribution in [2.75, 3.05) is 31.6 Å². The fraction of sp³-hybridized carbons (Fsp3) is 0.458. The molecular formula is C24H31ClN2O4. The van der Waals surface area contributed by atoms with Gasteiger partial charge in [0.1, 0.15) is 30.3 Å². The fourth-order valence-electron chi connectivity index (χ4n) is 3.57. The van der Waals surface area contributed by atoms with Gasteiger partial charge in [-0.2, -0.15) is 0 Å². The zero-order valence-electron chi connectivity index (χ0n) is 18.1. The Labute approximate surface area is 189 Å². The number of para-hydroxylation sites is 2. The summed E-state index contributed by atoms with van der Waals surface area (Å²) in [6, 6.07) is 14.7. The number of nitrogens with one attached hydrogen (secondary N) is 1. The monoisotopic (exact) mass is 446 g/mol. The molecular weight excluding hydrogens is 416 g/mol. The summed E-state index contributed by atoms with van der Waals surface area (Å²) in [6.07, 6.45) is 0.798. The van der Waals surface area contributed by atoms with E-state index >= 15 is 0 Å². The van der Waals surface area contributed by atoms with Crippen LogP contribution in [0.2, 0.25) is 5.02 Å². The van der Waals surface area contributed by atoms with Crippen molar-refractivity contribution in [3.63, 3.8) is 0 Å². The number of halogens is 1. The molecule has 1 heterocycles. The number of amides is 1. The number of hydrogen-bond donors (Lipinski definition) is 2. The third-order valence-corrected chi connectivity index (χ3v) is 5.25. The lowest BCUT2D eigenvalue weighted by Crippen LogP contribution is -2.35. The van der Waals surface area contributed by atoms with Gasteiger partial charge in [-0.15, -0.1) is 0 Å². The molecule has 2 atom stereocenters. The molecule has 0 aliphatic carbocycles. The van der Waals surface area contributed by atoms with Gasteiger partial charge in [0.15, 0.2) is 0 Å². The van der Waals surface area contributed by atoms with Crippen LogP contribution in [-0.2, 0) is 4.79 Å². The Morgan fingerprint density at radius 1 is 1.23 bits per heavy atom. The van der Waals surface area contributed by atoms with Crippen LogP contribution in [0.15, 0.2) is 48.5 Å². The molecule has 2 unspecified atom stereocenters. The van der Waals surface area contributed by atoms with Crippen molar-refractivity contribution in [2.24, 2.45) is 5.92 Å². The molecule has 1 aliphatic heterocycles. The van der Waals surface area contributed by atoms with E-state index in [2.05, 4.69) is 10.2 Å². The minimum atomic E-state index is -0.645. The Balaban J connectivity index is 1.44. The maximum atomic E-state index is 12.1. The van der Waals surface area contributed by atoms with E-state index in [1.165, 1.54) is 0 Å². The highest BCUT2D eigenvalue weighted by molar-refractivity contribution is 6.30. The number of hydrogen-bond acceptors (Lipinski definition) is 5. The summed E-state index contributed by atoms with van der Waals surface area (Å²) in [5, 5.41) is 14.0. The van der Waals surface area contributed by atoms with Gasteiger partial charge in [-0.3, -0.25) is 9.69 Å². The van der Waals surface area contributed by atoms with Crippen LogP contribution in [0.3, 0.4) is 0 Å². The molecule has 0 bridgehead atoms. The lowest BCUT2D eigenvalue weighted by Gasteiger charge is -2.21. The van der Waals surface area contributed by atoms with Gasteiger partial charge in [0.25, 0.3) is 0 Å². The van der Waals surface area contributed by atoms with Crippen molar-refractivity contribution in [2.45, 2.75) is 38.9 Å². The molecule has 2 aromatic rings. The highest BCUT2D eigenvalue weighted by atomic mass is 35.5. The summed E-state index contributed by atoms with van der Waals surface area (Å²) in [7, 11) is 0. The third-order valence-electron chi connectivity index (χ3n) is 5.00. The third kappa shape index (κ3) is 7.73. The molecule has 0 radical (unpaired) electrons. The van der Waals surface area contributed by atoms with Crippen molar-refractivity contribution in [1.82, 2.24) is 4.90 Å². The summed E-state index contributed by atoms with van der Waals surface area (Å²) < 4.78 is 11.8. The van der Waals surface area contributed by atoms with Gasteiger partial charge >= 0.3 is 0 Å². The van der Waals surface area contributed by atoms with Crippen LogP contribution in [0.5, 0.6) is 11.5 Å². The number of rotatable bonds is 10. The van der Waals surface area contributed by atoms with Crippen molar-refractivity contribution < 1.29 is 19.4 Å². The molecule has 2 aromatic carbocycles. The van der Waals surface area contributed by atoms with Gasteiger partial charge in [0.2, 0.25) is 5.91 Å². The van der Waals surface area contributed by atoms with Gasteiger partial charge in [-0.1, -0.05) is 37.6 Å². The first kappa shape index (κ1) is 23.4. The zero-order valence-corrected chi connectivity index (χ0v) is 18.8. The van der Waals surface area contributed by atoms with E-state index in [0.717, 1.165) is 25.3 Å². The first-order chi connectivity index (χ1) is 14.9. The van der Waals surface area contributed by atoms with Crippen LogP contribution in [-0.4, -0.2) is 54.4 Å². The fourth-order valence-corrected chi connectivity index (χ4v) is 3.70. The Hall–Kier alpha value is -2.28. The number of carbonyl (C=O) groups is 1. The highest BCUT2D eigenvalue weighted by Crippen LogP contribution is 2.25. The Kier molecular flexibility index (Phi) is 8.58. The molecule has 0 aromatic heterocycles. The Morgan fingerprint density at radius 2 is 1.97 bits per heavy atom. The second-order valence-corrected chi connectivity index (χ2v) is 8.79. The number of aliphatic hydroxyl groups excluding tert-OH is 1. The average Bonchev–Trinajstić information content (AvgIpc) is 3.15. The summed E-state index contributed by atoms with van der Waals surface area (Å²) >= 11 is 5.91. The first-order valence-electron chi connectivity index (χ1n) is 10.7. The first-order valence-corrected chi connectivity index (χ1v) is 11.1. The Morgan fingerprint density at radius 3 is 2.71 bits per heavy atom. The predicted octanol–water partition coefficient (Wildman–Crippen LogP) is 4.22. The molecule has 2 N–H and O–H groups in total. The van der Waals surface area contributed by atoms with Crippen molar-refractivity contribution in [3.05, 3.63) is 53.6 Å². The van der Waals surface area contributed by atoms with E-state index in [0.29, 0.717) is 29.4 Å². The predicted molar refractivity (Wildman–Crippen MR) is 123 cm³/mol. The van der Waals surface area contributed by atoms with Gasteiger partial charge in [-0.25, -0.2) is 0 Å². The maximum absolute atomic E-state index is 12.1. The van der Waals surface area contributed by atoms with Crippen LogP contribution in [0, 0.1) is 5.92 Å².